The number of carbonyl (C=O) groups is 1. The molecule has 0 aromatic carbocycles. The summed E-state index contributed by atoms with van der Waals surface area (Å²) < 4.78 is 5.40. The molecule has 2 rings (SSSR count). The number of nitrogens with two attached hydrogens (primary N) is 1. The highest BCUT2D eigenvalue weighted by atomic mass is 32.1. The molecule has 0 amide bonds. The molecule has 1 atom stereocenters. The summed E-state index contributed by atoms with van der Waals surface area (Å²) in [7, 11) is 1.60. The molecule has 20 heavy (non-hydrogen) atoms. The van der Waals surface area contributed by atoms with Gasteiger partial charge in [-0.05, 0) is 25.2 Å². The number of rotatable bonds is 7. The Balaban J connectivity index is 2.27. The fourth-order valence-corrected chi connectivity index (χ4v) is 3.52. The monoisotopic (exact) mass is 296 g/mol. The second-order valence-electron chi connectivity index (χ2n) is 5.75. The molecule has 1 heterocycles. The van der Waals surface area contributed by atoms with Crippen molar-refractivity contribution in [3.8, 4) is 5.75 Å². The molecular weight excluding hydrogens is 272 g/mol. The van der Waals surface area contributed by atoms with Crippen LogP contribution in [0.5, 0.6) is 5.75 Å². The van der Waals surface area contributed by atoms with Gasteiger partial charge in [0.25, 0.3) is 0 Å². The van der Waals surface area contributed by atoms with E-state index < -0.39 is 0 Å². The van der Waals surface area contributed by atoms with Crippen LogP contribution >= 0.6 is 11.3 Å². The van der Waals surface area contributed by atoms with Crippen LogP contribution in [0.15, 0.2) is 0 Å². The molecule has 1 unspecified atom stereocenters. The average molecular weight is 296 g/mol. The van der Waals surface area contributed by atoms with Gasteiger partial charge in [0.05, 0.1) is 17.7 Å². The topological polar surface area (TPSA) is 64.4 Å². The molecule has 0 aliphatic heterocycles. The van der Waals surface area contributed by atoms with Crippen molar-refractivity contribution in [3.63, 3.8) is 0 Å². The minimum Gasteiger partial charge on any atom is -0.492 e. The molecular formula is C15H24N2O2S. The third-order valence-electron chi connectivity index (χ3n) is 3.84. The Hall–Kier alpha value is -1.23. The Morgan fingerprint density at radius 3 is 2.60 bits per heavy atom. The SMILES string of the molecule is CCC(Nc1sc(C(=O)C2CC2)c(N)c1OC)C(C)C. The normalized spacial score (nSPS) is 16.2. The van der Waals surface area contributed by atoms with Gasteiger partial charge in [-0.3, -0.25) is 4.79 Å². The molecule has 3 N–H and O–H groups in total. The molecule has 1 saturated carbocycles. The van der Waals surface area contributed by atoms with Gasteiger partial charge in [0.2, 0.25) is 0 Å². The number of methoxy groups -OCH3 is 1. The van der Waals surface area contributed by atoms with Gasteiger partial charge >= 0.3 is 0 Å². The number of nitrogens with one attached hydrogen (secondary N) is 1. The number of Topliss-reactive ketones (excluding diaryl/α,β-unsaturated/α-hetero) is 1. The molecule has 1 fully saturated rings. The van der Waals surface area contributed by atoms with Crippen LogP contribution in [0, 0.1) is 11.8 Å². The van der Waals surface area contributed by atoms with Crippen LogP contribution in [0.25, 0.3) is 0 Å². The Kier molecular flexibility index (Phi) is 4.58. The van der Waals surface area contributed by atoms with Crippen molar-refractivity contribution in [1.82, 2.24) is 0 Å². The highest BCUT2D eigenvalue weighted by molar-refractivity contribution is 7.19. The van der Waals surface area contributed by atoms with E-state index in [1.165, 1.54) is 11.3 Å². The Bertz CT molecular complexity index is 492. The molecule has 0 bridgehead atoms. The second kappa shape index (κ2) is 6.04. The van der Waals surface area contributed by atoms with E-state index in [2.05, 4.69) is 26.1 Å². The van der Waals surface area contributed by atoms with Gasteiger partial charge in [-0.1, -0.05) is 20.8 Å². The van der Waals surface area contributed by atoms with Gasteiger partial charge in [0.1, 0.15) is 5.00 Å². The number of thiophene rings is 1. The van der Waals surface area contributed by atoms with Crippen molar-refractivity contribution in [1.29, 1.82) is 0 Å². The summed E-state index contributed by atoms with van der Waals surface area (Å²) >= 11 is 1.44. The molecule has 4 nitrogen and oxygen atoms in total. The number of carbonyl (C=O) groups excluding carboxylic acids is 1. The molecule has 1 aliphatic carbocycles. The van der Waals surface area contributed by atoms with Crippen LogP contribution in [-0.2, 0) is 0 Å². The van der Waals surface area contributed by atoms with Crippen molar-refractivity contribution in [2.75, 3.05) is 18.2 Å². The molecule has 0 saturated heterocycles. The lowest BCUT2D eigenvalue weighted by Gasteiger charge is -2.21. The lowest BCUT2D eigenvalue weighted by molar-refractivity contribution is 0.0972. The highest BCUT2D eigenvalue weighted by Crippen LogP contribution is 2.46. The zero-order valence-electron chi connectivity index (χ0n) is 12.7. The first-order chi connectivity index (χ1) is 9.49. The molecule has 1 aromatic heterocycles. The second-order valence-corrected chi connectivity index (χ2v) is 6.77. The molecule has 0 spiro atoms. The lowest BCUT2D eigenvalue weighted by atomic mass is 10.0. The maximum atomic E-state index is 12.2. The fraction of sp³-hybridized carbons (Fsp3) is 0.667. The minimum absolute atomic E-state index is 0.177. The van der Waals surface area contributed by atoms with Crippen LogP contribution in [-0.4, -0.2) is 18.9 Å². The summed E-state index contributed by atoms with van der Waals surface area (Å²) in [6.45, 7) is 6.51. The fourth-order valence-electron chi connectivity index (χ4n) is 2.35. The Labute approximate surface area is 124 Å². The van der Waals surface area contributed by atoms with Gasteiger partial charge in [0, 0.05) is 12.0 Å². The van der Waals surface area contributed by atoms with E-state index in [1.807, 2.05) is 0 Å². The van der Waals surface area contributed by atoms with Crippen LogP contribution < -0.4 is 15.8 Å². The van der Waals surface area contributed by atoms with Crippen LogP contribution in [0.4, 0.5) is 10.7 Å². The van der Waals surface area contributed by atoms with E-state index >= 15 is 0 Å². The molecule has 5 heteroatoms. The number of hydrogen-bond donors (Lipinski definition) is 2. The van der Waals surface area contributed by atoms with Crippen LogP contribution in [0.3, 0.4) is 0 Å². The quantitative estimate of drug-likeness (QED) is 0.752. The number of ketones is 1. The predicted octanol–water partition coefficient (Wildman–Crippen LogP) is 3.78. The van der Waals surface area contributed by atoms with Crippen molar-refractivity contribution in [3.05, 3.63) is 4.88 Å². The zero-order valence-corrected chi connectivity index (χ0v) is 13.5. The van der Waals surface area contributed by atoms with Crippen molar-refractivity contribution >= 4 is 27.8 Å². The summed E-state index contributed by atoms with van der Waals surface area (Å²) in [5.74, 6) is 1.49. The third-order valence-corrected chi connectivity index (χ3v) is 4.97. The van der Waals surface area contributed by atoms with Crippen LogP contribution in [0.1, 0.15) is 49.7 Å². The Morgan fingerprint density at radius 2 is 2.15 bits per heavy atom. The number of anilines is 2. The highest BCUT2D eigenvalue weighted by Gasteiger charge is 2.34. The minimum atomic E-state index is 0.177. The summed E-state index contributed by atoms with van der Waals surface area (Å²) in [5, 5.41) is 4.37. The first kappa shape index (κ1) is 15.2. The van der Waals surface area contributed by atoms with Crippen molar-refractivity contribution < 1.29 is 9.53 Å². The number of hydrogen-bond acceptors (Lipinski definition) is 5. The largest absolute Gasteiger partial charge is 0.492 e. The zero-order chi connectivity index (χ0) is 14.9. The van der Waals surface area contributed by atoms with Gasteiger partial charge in [-0.15, -0.1) is 11.3 Å². The summed E-state index contributed by atoms with van der Waals surface area (Å²) in [4.78, 5) is 12.9. The van der Waals surface area contributed by atoms with E-state index in [9.17, 15) is 4.79 Å². The number of ether oxygens (including phenoxy) is 1. The van der Waals surface area contributed by atoms with E-state index in [0.29, 0.717) is 28.3 Å². The average Bonchev–Trinajstić information content (AvgIpc) is 3.20. The summed E-state index contributed by atoms with van der Waals surface area (Å²) in [6.07, 6.45) is 3.00. The maximum Gasteiger partial charge on any atom is 0.178 e. The summed E-state index contributed by atoms with van der Waals surface area (Å²) in [5.41, 5.74) is 6.59. The standard InChI is InChI=1S/C15H24N2O2S/c1-5-10(8(2)3)17-15-13(19-4)11(16)14(20-15)12(18)9-6-7-9/h8-10,17H,5-7,16H2,1-4H3. The van der Waals surface area contributed by atoms with Crippen LogP contribution in [0.2, 0.25) is 0 Å². The van der Waals surface area contributed by atoms with Gasteiger partial charge < -0.3 is 15.8 Å². The summed E-state index contributed by atoms with van der Waals surface area (Å²) in [6, 6.07) is 0.353. The lowest BCUT2D eigenvalue weighted by Crippen LogP contribution is -2.24. The van der Waals surface area contributed by atoms with Gasteiger partial charge in [0.15, 0.2) is 11.5 Å². The maximum absolute atomic E-state index is 12.2. The molecule has 1 aliphatic rings. The smallest absolute Gasteiger partial charge is 0.178 e. The van der Waals surface area contributed by atoms with E-state index in [1.54, 1.807) is 7.11 Å². The molecule has 112 valence electrons. The van der Waals surface area contributed by atoms with Crippen molar-refractivity contribution in [2.45, 2.75) is 46.1 Å². The van der Waals surface area contributed by atoms with E-state index in [-0.39, 0.29) is 11.7 Å². The third kappa shape index (κ3) is 2.92. The van der Waals surface area contributed by atoms with Gasteiger partial charge in [-0.2, -0.15) is 0 Å². The molecule has 0 radical (unpaired) electrons. The predicted molar refractivity (Wildman–Crippen MR) is 84.9 cm³/mol. The van der Waals surface area contributed by atoms with Gasteiger partial charge in [-0.25, -0.2) is 0 Å². The first-order valence-corrected chi connectivity index (χ1v) is 8.08. The first-order valence-electron chi connectivity index (χ1n) is 7.26. The van der Waals surface area contributed by atoms with Crippen molar-refractivity contribution in [2.24, 2.45) is 11.8 Å². The number of nitrogen functional groups attached to an aromatic ring is 1. The van der Waals surface area contributed by atoms with E-state index in [0.717, 1.165) is 24.3 Å². The van der Waals surface area contributed by atoms with E-state index in [4.69, 9.17) is 10.5 Å². The molecule has 1 aromatic rings. The Morgan fingerprint density at radius 1 is 1.50 bits per heavy atom.